The van der Waals surface area contributed by atoms with Gasteiger partial charge in [-0.3, -0.25) is 0 Å². The number of carbonyl (C=O) groups excluding carboxylic acids is 1. The van der Waals surface area contributed by atoms with E-state index in [2.05, 4.69) is 5.16 Å². The number of rotatable bonds is 4. The zero-order valence-electron chi connectivity index (χ0n) is 11.2. The van der Waals surface area contributed by atoms with Crippen molar-refractivity contribution in [1.29, 1.82) is 0 Å². The van der Waals surface area contributed by atoms with E-state index >= 15 is 0 Å². The van der Waals surface area contributed by atoms with E-state index in [0.29, 0.717) is 5.56 Å². The van der Waals surface area contributed by atoms with E-state index < -0.39 is 5.97 Å². The topological polar surface area (TPSA) is 38.7 Å². The largest absolute Gasteiger partial charge is 0.365 e. The number of oxime groups is 1. The molecular formula is C17H15NO2. The van der Waals surface area contributed by atoms with E-state index in [-0.39, 0.29) is 0 Å². The Labute approximate surface area is 118 Å². The fourth-order valence-corrected chi connectivity index (χ4v) is 1.63. The van der Waals surface area contributed by atoms with Crippen LogP contribution in [0.25, 0.3) is 6.08 Å². The summed E-state index contributed by atoms with van der Waals surface area (Å²) in [5.41, 5.74) is 2.46. The van der Waals surface area contributed by atoms with Gasteiger partial charge in [0.25, 0.3) is 0 Å². The summed E-state index contributed by atoms with van der Waals surface area (Å²) in [4.78, 5) is 16.5. The fraction of sp³-hybridized carbons (Fsp3) is 0.0588. The van der Waals surface area contributed by atoms with Gasteiger partial charge in [-0.2, -0.15) is 0 Å². The monoisotopic (exact) mass is 265 g/mol. The lowest BCUT2D eigenvalue weighted by atomic mass is 10.1. The van der Waals surface area contributed by atoms with E-state index in [9.17, 15) is 4.79 Å². The third kappa shape index (κ3) is 4.21. The molecule has 3 nitrogen and oxygen atoms in total. The third-order valence-corrected chi connectivity index (χ3v) is 2.60. The van der Waals surface area contributed by atoms with Gasteiger partial charge in [-0.05, 0) is 30.2 Å². The molecule has 2 aromatic carbocycles. The molecule has 100 valence electrons. The molecule has 0 saturated carbocycles. The standard InChI is InChI=1S/C17H15NO2/c1-14(12-15-8-4-2-5-9-15)13-18-20-17(19)16-10-6-3-7-11-16/h2-13H,1H3/b14-12+,18-13+. The summed E-state index contributed by atoms with van der Waals surface area (Å²) >= 11 is 0. The Kier molecular flexibility index (Phi) is 4.84. The second kappa shape index (κ2) is 7.04. The van der Waals surface area contributed by atoms with Crippen molar-refractivity contribution in [2.24, 2.45) is 5.16 Å². The van der Waals surface area contributed by atoms with Crippen molar-refractivity contribution in [2.75, 3.05) is 0 Å². The van der Waals surface area contributed by atoms with Crippen LogP contribution in [-0.4, -0.2) is 12.2 Å². The van der Waals surface area contributed by atoms with Crippen molar-refractivity contribution in [1.82, 2.24) is 0 Å². The highest BCUT2D eigenvalue weighted by Crippen LogP contribution is 2.05. The smallest absolute Gasteiger partial charge is 0.313 e. The minimum absolute atomic E-state index is 0.464. The van der Waals surface area contributed by atoms with Crippen LogP contribution in [0.3, 0.4) is 0 Å². The molecule has 0 heterocycles. The van der Waals surface area contributed by atoms with E-state index in [0.717, 1.165) is 11.1 Å². The number of hydrogen-bond donors (Lipinski definition) is 0. The number of allylic oxidation sites excluding steroid dienone is 1. The lowest BCUT2D eigenvalue weighted by Crippen LogP contribution is -2.00. The van der Waals surface area contributed by atoms with Crippen molar-refractivity contribution in [3.05, 3.63) is 77.4 Å². The van der Waals surface area contributed by atoms with Gasteiger partial charge in [0.15, 0.2) is 0 Å². The molecule has 20 heavy (non-hydrogen) atoms. The van der Waals surface area contributed by atoms with Crippen LogP contribution < -0.4 is 0 Å². The third-order valence-electron chi connectivity index (χ3n) is 2.60. The average Bonchev–Trinajstić information content (AvgIpc) is 2.49. The van der Waals surface area contributed by atoms with E-state index in [1.807, 2.05) is 49.4 Å². The first-order valence-corrected chi connectivity index (χ1v) is 6.29. The summed E-state index contributed by atoms with van der Waals surface area (Å²) < 4.78 is 0. The van der Waals surface area contributed by atoms with E-state index in [4.69, 9.17) is 4.84 Å². The first-order chi connectivity index (χ1) is 9.75. The van der Waals surface area contributed by atoms with Crippen LogP contribution in [-0.2, 0) is 4.84 Å². The molecule has 0 aliphatic heterocycles. The Morgan fingerprint density at radius 2 is 1.60 bits per heavy atom. The van der Waals surface area contributed by atoms with Gasteiger partial charge in [0, 0.05) is 0 Å². The van der Waals surface area contributed by atoms with E-state index in [1.165, 1.54) is 6.21 Å². The number of hydrogen-bond acceptors (Lipinski definition) is 3. The maximum Gasteiger partial charge on any atom is 0.365 e. The van der Waals surface area contributed by atoms with Crippen molar-refractivity contribution in [3.8, 4) is 0 Å². The van der Waals surface area contributed by atoms with Crippen molar-refractivity contribution in [2.45, 2.75) is 6.92 Å². The molecule has 0 aromatic heterocycles. The van der Waals surface area contributed by atoms with Crippen LogP contribution >= 0.6 is 0 Å². The second-order valence-corrected chi connectivity index (χ2v) is 4.28. The molecule has 0 bridgehead atoms. The molecule has 0 N–H and O–H groups in total. The van der Waals surface area contributed by atoms with Crippen LogP contribution in [0, 0.1) is 0 Å². The number of benzene rings is 2. The van der Waals surface area contributed by atoms with Crippen LogP contribution in [0.2, 0.25) is 0 Å². The molecule has 0 spiro atoms. The minimum atomic E-state index is -0.464. The summed E-state index contributed by atoms with van der Waals surface area (Å²) in [6.07, 6.45) is 3.48. The van der Waals surface area contributed by atoms with Crippen LogP contribution in [0.15, 0.2) is 71.4 Å². The summed E-state index contributed by atoms with van der Waals surface area (Å²) in [5, 5.41) is 3.70. The molecule has 0 atom stereocenters. The second-order valence-electron chi connectivity index (χ2n) is 4.28. The normalized spacial score (nSPS) is 11.6. The van der Waals surface area contributed by atoms with Gasteiger partial charge in [0.1, 0.15) is 0 Å². The summed E-state index contributed by atoms with van der Waals surface area (Å²) in [7, 11) is 0. The Morgan fingerprint density at radius 1 is 1.00 bits per heavy atom. The molecule has 0 unspecified atom stereocenters. The highest BCUT2D eigenvalue weighted by Gasteiger charge is 2.04. The van der Waals surface area contributed by atoms with Gasteiger partial charge in [0.2, 0.25) is 0 Å². The predicted octanol–water partition coefficient (Wildman–Crippen LogP) is 3.93. The van der Waals surface area contributed by atoms with Crippen LogP contribution in [0.1, 0.15) is 22.8 Å². The molecule has 3 heteroatoms. The maximum atomic E-state index is 11.6. The Hall–Kier alpha value is -2.68. The zero-order chi connectivity index (χ0) is 14.2. The molecular weight excluding hydrogens is 250 g/mol. The Bertz CT molecular complexity index is 616. The average molecular weight is 265 g/mol. The molecule has 2 rings (SSSR count). The fourth-order valence-electron chi connectivity index (χ4n) is 1.63. The van der Waals surface area contributed by atoms with Crippen LogP contribution in [0.5, 0.6) is 0 Å². The molecule has 0 fully saturated rings. The van der Waals surface area contributed by atoms with Crippen molar-refractivity contribution in [3.63, 3.8) is 0 Å². The first-order valence-electron chi connectivity index (χ1n) is 6.29. The Balaban J connectivity index is 1.94. The minimum Gasteiger partial charge on any atom is -0.313 e. The number of nitrogens with zero attached hydrogens (tertiary/aromatic N) is 1. The van der Waals surface area contributed by atoms with E-state index in [1.54, 1.807) is 24.3 Å². The Morgan fingerprint density at radius 3 is 2.25 bits per heavy atom. The number of carbonyl (C=O) groups is 1. The van der Waals surface area contributed by atoms with Gasteiger partial charge < -0.3 is 4.84 Å². The molecule has 0 aliphatic rings. The van der Waals surface area contributed by atoms with Crippen molar-refractivity contribution >= 4 is 18.3 Å². The first kappa shape index (κ1) is 13.7. The predicted molar refractivity (Wildman–Crippen MR) is 80.4 cm³/mol. The summed E-state index contributed by atoms with van der Waals surface area (Å²) in [6, 6.07) is 18.6. The van der Waals surface area contributed by atoms with Crippen molar-refractivity contribution < 1.29 is 9.63 Å². The maximum absolute atomic E-state index is 11.6. The molecule has 0 saturated heterocycles. The lowest BCUT2D eigenvalue weighted by molar-refractivity contribution is 0.0519. The van der Waals surface area contributed by atoms with Gasteiger partial charge in [-0.25, -0.2) is 4.79 Å². The highest BCUT2D eigenvalue weighted by atomic mass is 16.7. The zero-order valence-corrected chi connectivity index (χ0v) is 11.2. The quantitative estimate of drug-likeness (QED) is 0.477. The summed E-state index contributed by atoms with van der Waals surface area (Å²) in [6.45, 7) is 1.90. The molecule has 0 amide bonds. The highest BCUT2D eigenvalue weighted by molar-refractivity contribution is 5.90. The SMILES string of the molecule is CC(/C=N/OC(=O)c1ccccc1)=C\c1ccccc1. The van der Waals surface area contributed by atoms with Gasteiger partial charge in [-0.1, -0.05) is 59.8 Å². The molecule has 0 aliphatic carbocycles. The molecule has 2 aromatic rings. The van der Waals surface area contributed by atoms with Gasteiger partial charge >= 0.3 is 5.97 Å². The van der Waals surface area contributed by atoms with Gasteiger partial charge in [0.05, 0.1) is 11.8 Å². The van der Waals surface area contributed by atoms with Gasteiger partial charge in [-0.15, -0.1) is 0 Å². The molecule has 0 radical (unpaired) electrons. The van der Waals surface area contributed by atoms with Crippen LogP contribution in [0.4, 0.5) is 0 Å². The lowest BCUT2D eigenvalue weighted by Gasteiger charge is -1.97. The summed E-state index contributed by atoms with van der Waals surface area (Å²) in [5.74, 6) is -0.464.